The molecule has 0 spiro atoms. The Morgan fingerprint density at radius 1 is 0.533 bits per heavy atom. The predicted molar refractivity (Wildman–Crippen MR) is 479 cm³/mol. The van der Waals surface area contributed by atoms with E-state index in [-0.39, 0.29) is 52.8 Å². The molecule has 3 amide bonds. The van der Waals surface area contributed by atoms with Crippen molar-refractivity contribution in [1.82, 2.24) is 53.3 Å². The quantitative estimate of drug-likeness (QED) is 0.0585. The summed E-state index contributed by atoms with van der Waals surface area (Å²) >= 11 is 0. The van der Waals surface area contributed by atoms with E-state index >= 15 is 0 Å². The van der Waals surface area contributed by atoms with E-state index < -0.39 is 48.3 Å². The number of rotatable bonds is 19. The number of nitrogens with one attached hydrogen (secondary N) is 3. The maximum atomic E-state index is 14.7. The summed E-state index contributed by atoms with van der Waals surface area (Å²) in [5.41, 5.74) is 14.2. The Bertz CT molecular complexity index is 5370. The van der Waals surface area contributed by atoms with E-state index in [9.17, 15) is 41.1 Å². The fourth-order valence-electron chi connectivity index (χ4n) is 19.2. The van der Waals surface area contributed by atoms with E-state index in [1.54, 1.807) is 52.5 Å². The van der Waals surface area contributed by atoms with Crippen LogP contribution in [-0.4, -0.2) is 204 Å². The van der Waals surface area contributed by atoms with Gasteiger partial charge >= 0.3 is 5.97 Å². The highest BCUT2D eigenvalue weighted by molar-refractivity contribution is 7.90. The molecule has 4 aromatic heterocycles. The molecule has 16 rings (SSSR count). The Labute approximate surface area is 719 Å². The molecule has 122 heavy (non-hydrogen) atoms. The van der Waals surface area contributed by atoms with Crippen LogP contribution in [0.15, 0.2) is 85.2 Å². The second kappa shape index (κ2) is 39.5. The smallest absolute Gasteiger partial charge is 0.339 e. The number of carboxylic acids is 1. The van der Waals surface area contributed by atoms with Crippen LogP contribution in [0.2, 0.25) is 0 Å². The van der Waals surface area contributed by atoms with Crippen LogP contribution in [0.1, 0.15) is 279 Å². The number of aromatic nitrogens is 6. The number of methoxy groups -OCH3 is 2. The van der Waals surface area contributed by atoms with Crippen LogP contribution in [0.5, 0.6) is 11.5 Å². The molecule has 660 valence electrons. The first kappa shape index (κ1) is 90.7. The first-order valence-corrected chi connectivity index (χ1v) is 47.3. The molecule has 8 aliphatic rings. The highest BCUT2D eigenvalue weighted by Gasteiger charge is 2.39. The van der Waals surface area contributed by atoms with E-state index in [0.29, 0.717) is 113 Å². The van der Waals surface area contributed by atoms with E-state index in [1.807, 2.05) is 70.6 Å². The Balaban J connectivity index is 0.000000177. The number of hydrogen-bond acceptors (Lipinski definition) is 18. The minimum atomic E-state index is -3.85. The zero-order valence-corrected chi connectivity index (χ0v) is 75.5. The lowest BCUT2D eigenvalue weighted by Gasteiger charge is -2.35. The molecule has 4 N–H and O–H groups in total. The fourth-order valence-corrected chi connectivity index (χ4v) is 20.4. The van der Waals surface area contributed by atoms with Gasteiger partial charge in [-0.3, -0.25) is 28.6 Å². The van der Waals surface area contributed by atoms with Crippen LogP contribution >= 0.6 is 0 Å². The molecule has 10 heterocycles. The lowest BCUT2D eigenvalue weighted by Crippen LogP contribution is -2.48. The van der Waals surface area contributed by atoms with Gasteiger partial charge in [-0.15, -0.1) is 0 Å². The van der Waals surface area contributed by atoms with E-state index in [4.69, 9.17) is 33.5 Å². The third kappa shape index (κ3) is 20.0. The van der Waals surface area contributed by atoms with Gasteiger partial charge in [0, 0.05) is 109 Å². The average molecular weight is 1720 g/mol. The first-order valence-electron chi connectivity index (χ1n) is 44.2. The highest BCUT2D eigenvalue weighted by Crippen LogP contribution is 2.51. The van der Waals surface area contributed by atoms with Crippen LogP contribution in [-0.2, 0) is 52.1 Å². The number of carbonyl (C=O) groups is 4. The van der Waals surface area contributed by atoms with Gasteiger partial charge < -0.3 is 52.9 Å². The Hall–Kier alpha value is -9.00. The van der Waals surface area contributed by atoms with E-state index in [0.717, 1.165) is 162 Å². The zero-order valence-electron chi connectivity index (χ0n) is 73.9. The molecule has 2 aliphatic carbocycles. The molecular formula is C94H127N11O15S2. The number of sulfonamides is 2. The van der Waals surface area contributed by atoms with Crippen LogP contribution in [0.3, 0.4) is 0 Å². The zero-order chi connectivity index (χ0) is 87.2. The van der Waals surface area contributed by atoms with Crippen molar-refractivity contribution >= 4 is 88.8 Å². The number of fused-ring (bicyclic) bond motifs is 10. The number of morpholine rings is 2. The summed E-state index contributed by atoms with van der Waals surface area (Å²) in [7, 11) is -4.41. The number of amides is 3. The first-order chi connectivity index (χ1) is 58.4. The molecule has 0 radical (unpaired) electrons. The van der Waals surface area contributed by atoms with Crippen molar-refractivity contribution in [3.05, 3.63) is 141 Å². The number of allylic oxidation sites excluding steroid dienone is 2. The highest BCUT2D eigenvalue weighted by atomic mass is 32.2. The number of ether oxygens (including phenoxy) is 6. The molecule has 2 saturated carbocycles. The molecule has 4 atom stereocenters. The third-order valence-corrected chi connectivity index (χ3v) is 28.7. The average Bonchev–Trinajstić information content (AvgIpc) is 1.57. The van der Waals surface area contributed by atoms with Crippen LogP contribution in [0.4, 0.5) is 0 Å². The number of aromatic carboxylic acids is 1. The summed E-state index contributed by atoms with van der Waals surface area (Å²) in [4.78, 5) is 58.7. The van der Waals surface area contributed by atoms with Crippen molar-refractivity contribution in [1.29, 1.82) is 0 Å². The molecule has 4 saturated heterocycles. The minimum absolute atomic E-state index is 0.0253. The predicted octanol–water partition coefficient (Wildman–Crippen LogP) is 16.3. The standard InChI is InChI=1S/C43H53N5O7S.C37H42N4O7S.C8H19N.C6H13NO/c1-26(2)56(51,52)45-42(49)30-11-13-36-38(21-30)47-25-32(19-31-20-34(53-5)12-14-35(31)41(47)39(36)29-9-7-6-8-10-29)40-37(22-44-48(40)33-15-17-54-18-16-33)43(50)46-23-27(3)55-28(4)24-46;1-22(2)49(45,46)39-36(42)24-9-11-30-32(19-24)40-21-26(34-31(37(43)44)20-38-41(34)27-13-15-48-16-14-27)17-25-18-28(47-3)10-12-29(25)35(40)33(30)23-7-5-4-6-8-23;1-6-9(7(2)3)8(4)5;1-5-3-7-4-6(2)8-5/h11-14,19-22,26-29,33H,6-10,15-18,23-25H2,1-5H3,(H,45,49);9-12,17-20,22-23,27H,4-8,13-16,21H2,1-3H3,(H,39,42)(H,43,44);7-8H,6H2,1-5H3;5-7H,3-4H2,1-2H3/t27-,28+;;;5-,6+. The van der Waals surface area contributed by atoms with Gasteiger partial charge in [-0.25, -0.2) is 31.1 Å². The van der Waals surface area contributed by atoms with Crippen molar-refractivity contribution in [3.63, 3.8) is 0 Å². The van der Waals surface area contributed by atoms with E-state index in [1.165, 1.54) is 44.0 Å². The van der Waals surface area contributed by atoms with Crippen molar-refractivity contribution in [2.75, 3.05) is 73.4 Å². The number of hydrogen-bond donors (Lipinski definition) is 4. The molecule has 4 aromatic carbocycles. The van der Waals surface area contributed by atoms with Gasteiger partial charge in [0.25, 0.3) is 17.7 Å². The second-order valence-electron chi connectivity index (χ2n) is 35.2. The van der Waals surface area contributed by atoms with Gasteiger partial charge in [0.1, 0.15) is 17.1 Å². The Kier molecular flexibility index (Phi) is 29.3. The molecule has 0 bridgehead atoms. The van der Waals surface area contributed by atoms with Crippen molar-refractivity contribution < 1.29 is 69.5 Å². The number of carbonyl (C=O) groups excluding carboxylic acids is 3. The van der Waals surface area contributed by atoms with Crippen LogP contribution in [0, 0.1) is 0 Å². The lowest BCUT2D eigenvalue weighted by atomic mass is 9.81. The summed E-state index contributed by atoms with van der Waals surface area (Å²) in [5, 5.41) is 23.8. The number of nitrogens with zero attached hydrogens (tertiary/aromatic N) is 8. The van der Waals surface area contributed by atoms with Gasteiger partial charge in [-0.1, -0.05) is 57.6 Å². The third-order valence-electron chi connectivity index (χ3n) is 25.3. The Morgan fingerprint density at radius 3 is 1.30 bits per heavy atom. The number of carboxylic acid groups (broad SMARTS) is 1. The molecule has 28 heteroatoms. The lowest BCUT2D eigenvalue weighted by molar-refractivity contribution is -0.0586. The van der Waals surface area contributed by atoms with Gasteiger partial charge in [0.05, 0.1) is 115 Å². The van der Waals surface area contributed by atoms with Gasteiger partial charge in [0.15, 0.2) is 0 Å². The SMILES string of the molecule is CCN(C(C)C)C(C)C.COc1ccc2c(c1)C=C(c1c(C(=O)N3C[C@@H](C)O[C@@H](C)C3)cnn1C1CCOCC1)Cn1c-2c(C2CCCCC2)c2ccc(C(=O)NS(=O)(=O)C(C)C)cc21.COc1ccc2c(c1)C=C(c1c(C(=O)O)cnn1C1CCOCC1)Cn1c-2c(C2CCCCC2)c2ccc(C(=O)NS(=O)(=O)C(C)C)cc21.C[C@@H]1CNC[C@H](C)O1. The summed E-state index contributed by atoms with van der Waals surface area (Å²) in [5.74, 6) is -0.506. The molecule has 8 aromatic rings. The molecular weight excluding hydrogens is 1590 g/mol. The summed E-state index contributed by atoms with van der Waals surface area (Å²) < 4.78 is 98.1. The Morgan fingerprint density at radius 2 is 0.934 bits per heavy atom. The molecule has 26 nitrogen and oxygen atoms in total. The largest absolute Gasteiger partial charge is 0.497 e. The van der Waals surface area contributed by atoms with Crippen LogP contribution in [0.25, 0.3) is 67.6 Å². The minimum Gasteiger partial charge on any atom is -0.497 e. The van der Waals surface area contributed by atoms with Gasteiger partial charge in [-0.2, -0.15) is 10.2 Å². The second-order valence-corrected chi connectivity index (χ2v) is 39.7. The van der Waals surface area contributed by atoms with Gasteiger partial charge in [0.2, 0.25) is 20.0 Å². The topological polar surface area (TPSA) is 300 Å². The monoisotopic (exact) mass is 1710 g/mol. The molecule has 6 fully saturated rings. The summed E-state index contributed by atoms with van der Waals surface area (Å²) in [6.07, 6.45) is 22.1. The van der Waals surface area contributed by atoms with Crippen molar-refractivity contribution in [2.24, 2.45) is 0 Å². The fraction of sp³-hybridized carbons (Fsp3) is 0.553. The van der Waals surface area contributed by atoms with Crippen molar-refractivity contribution in [3.8, 4) is 34.0 Å². The van der Waals surface area contributed by atoms with Crippen LogP contribution < -0.4 is 24.2 Å². The van der Waals surface area contributed by atoms with Crippen molar-refractivity contribution in [2.45, 2.75) is 264 Å². The molecule has 6 aliphatic heterocycles. The van der Waals surface area contributed by atoms with E-state index in [2.05, 4.69) is 107 Å². The summed E-state index contributed by atoms with van der Waals surface area (Å²) in [6.45, 7) is 32.7. The summed E-state index contributed by atoms with van der Waals surface area (Å²) in [6, 6.07) is 24.5. The van der Waals surface area contributed by atoms with Gasteiger partial charge in [-0.05, 0) is 259 Å². The number of benzene rings is 4. The molecule has 0 unspecified atom stereocenters. The normalized spacial score (nSPS) is 20.1. The maximum Gasteiger partial charge on any atom is 0.339 e. The maximum absolute atomic E-state index is 14.7.